The number of benzene rings is 2. The smallest absolute Gasteiger partial charge is 0.268 e. The van der Waals surface area contributed by atoms with Crippen molar-refractivity contribution in [2.45, 2.75) is 17.4 Å². The van der Waals surface area contributed by atoms with Gasteiger partial charge in [-0.25, -0.2) is 12.4 Å². The first-order valence-corrected chi connectivity index (χ1v) is 10.0. The lowest BCUT2D eigenvalue weighted by atomic mass is 9.95. The monoisotopic (exact) mass is 353 g/mol. The number of rotatable bonds is 2. The molecule has 3 heterocycles. The van der Waals surface area contributed by atoms with E-state index in [1.165, 1.54) is 3.97 Å². The first kappa shape index (κ1) is 15.0. The van der Waals surface area contributed by atoms with Crippen molar-refractivity contribution in [1.29, 1.82) is 0 Å². The molecule has 1 unspecified atom stereocenters. The van der Waals surface area contributed by atoms with Crippen LogP contribution in [0.4, 0.5) is 5.69 Å². The Balaban J connectivity index is 1.75. The molecule has 1 N–H and O–H groups in total. The van der Waals surface area contributed by atoms with Gasteiger partial charge in [0.2, 0.25) is 0 Å². The summed E-state index contributed by atoms with van der Waals surface area (Å²) in [4.78, 5) is 2.74. The number of anilines is 1. The highest BCUT2D eigenvalue weighted by atomic mass is 32.2. The van der Waals surface area contributed by atoms with Crippen LogP contribution in [0.1, 0.15) is 5.56 Å². The van der Waals surface area contributed by atoms with E-state index in [1.807, 2.05) is 24.4 Å². The third kappa shape index (κ3) is 2.14. The molecule has 2 aliphatic rings. The highest BCUT2D eigenvalue weighted by Gasteiger charge is 2.32. The lowest BCUT2D eigenvalue weighted by molar-refractivity contribution is 0.470. The van der Waals surface area contributed by atoms with Crippen LogP contribution in [0.2, 0.25) is 0 Å². The largest absolute Gasteiger partial charge is 0.365 e. The van der Waals surface area contributed by atoms with Crippen LogP contribution < -0.4 is 10.2 Å². The zero-order valence-electron chi connectivity index (χ0n) is 13.7. The second-order valence-electron chi connectivity index (χ2n) is 6.69. The number of nitrogens with one attached hydrogen (secondary N) is 1. The summed E-state index contributed by atoms with van der Waals surface area (Å²) < 4.78 is 27.8. The van der Waals surface area contributed by atoms with Crippen molar-refractivity contribution in [3.8, 4) is 0 Å². The van der Waals surface area contributed by atoms with Crippen LogP contribution in [0.5, 0.6) is 0 Å². The summed E-state index contributed by atoms with van der Waals surface area (Å²) >= 11 is 0. The fraction of sp³-hybridized carbons (Fsp3) is 0.263. The Hall–Kier alpha value is -2.31. The SMILES string of the molecule is O=S(=O)(c1ccccc1)n1cc2c3c(cccc31)N1CCNCC1C2. The Morgan fingerprint density at radius 1 is 1.04 bits per heavy atom. The van der Waals surface area contributed by atoms with E-state index in [-0.39, 0.29) is 0 Å². The van der Waals surface area contributed by atoms with Gasteiger partial charge in [0.1, 0.15) is 0 Å². The van der Waals surface area contributed by atoms with E-state index in [1.54, 1.807) is 24.3 Å². The lowest BCUT2D eigenvalue weighted by Crippen LogP contribution is -2.53. The topological polar surface area (TPSA) is 54.3 Å². The molecule has 6 heteroatoms. The van der Waals surface area contributed by atoms with Crippen molar-refractivity contribution < 1.29 is 8.42 Å². The molecule has 0 saturated carbocycles. The fourth-order valence-electron chi connectivity index (χ4n) is 4.13. The number of piperazine rings is 1. The van der Waals surface area contributed by atoms with Crippen LogP contribution >= 0.6 is 0 Å². The predicted molar refractivity (Wildman–Crippen MR) is 98.7 cm³/mol. The van der Waals surface area contributed by atoms with Gasteiger partial charge in [0.25, 0.3) is 10.0 Å². The summed E-state index contributed by atoms with van der Waals surface area (Å²) in [5.74, 6) is 0. The van der Waals surface area contributed by atoms with Gasteiger partial charge in [-0.05, 0) is 36.2 Å². The van der Waals surface area contributed by atoms with Gasteiger partial charge in [0, 0.05) is 42.9 Å². The van der Waals surface area contributed by atoms with E-state index in [9.17, 15) is 8.42 Å². The Labute approximate surface area is 146 Å². The van der Waals surface area contributed by atoms with Gasteiger partial charge < -0.3 is 10.2 Å². The van der Waals surface area contributed by atoms with E-state index in [4.69, 9.17) is 0 Å². The van der Waals surface area contributed by atoms with E-state index in [2.05, 4.69) is 16.3 Å². The molecule has 0 aliphatic carbocycles. The van der Waals surface area contributed by atoms with Gasteiger partial charge in [-0.3, -0.25) is 0 Å². The summed E-state index contributed by atoms with van der Waals surface area (Å²) in [5.41, 5.74) is 3.05. The van der Waals surface area contributed by atoms with Crippen molar-refractivity contribution in [2.75, 3.05) is 24.5 Å². The number of fused-ring (bicyclic) bond motifs is 2. The molecule has 1 aromatic heterocycles. The summed E-state index contributed by atoms with van der Waals surface area (Å²) in [6.07, 6.45) is 2.69. The molecule has 2 aromatic carbocycles. The number of hydrogen-bond donors (Lipinski definition) is 1. The van der Waals surface area contributed by atoms with Gasteiger partial charge in [-0.2, -0.15) is 0 Å². The predicted octanol–water partition coefficient (Wildman–Crippen LogP) is 2.21. The van der Waals surface area contributed by atoms with Crippen molar-refractivity contribution >= 4 is 26.6 Å². The minimum atomic E-state index is -3.59. The summed E-state index contributed by atoms with van der Waals surface area (Å²) in [6.45, 7) is 2.86. The zero-order chi connectivity index (χ0) is 17.0. The summed E-state index contributed by atoms with van der Waals surface area (Å²) in [7, 11) is -3.59. The molecule has 0 bridgehead atoms. The molecular weight excluding hydrogens is 334 g/mol. The molecule has 1 fully saturated rings. The Morgan fingerprint density at radius 3 is 2.72 bits per heavy atom. The summed E-state index contributed by atoms with van der Waals surface area (Å²) in [5, 5.41) is 4.53. The van der Waals surface area contributed by atoms with Crippen LogP contribution in [0, 0.1) is 0 Å². The zero-order valence-corrected chi connectivity index (χ0v) is 14.5. The second-order valence-corrected chi connectivity index (χ2v) is 8.51. The van der Waals surface area contributed by atoms with Crippen LogP contribution in [0.15, 0.2) is 59.6 Å². The molecule has 0 radical (unpaired) electrons. The quantitative estimate of drug-likeness (QED) is 0.768. The van der Waals surface area contributed by atoms with Crippen molar-refractivity contribution in [3.05, 3.63) is 60.3 Å². The maximum Gasteiger partial charge on any atom is 0.268 e. The van der Waals surface area contributed by atoms with Gasteiger partial charge in [-0.15, -0.1) is 0 Å². The third-order valence-electron chi connectivity index (χ3n) is 5.27. The third-order valence-corrected chi connectivity index (χ3v) is 6.96. The van der Waals surface area contributed by atoms with Gasteiger partial charge in [0.05, 0.1) is 10.4 Å². The first-order valence-electron chi connectivity index (χ1n) is 8.57. The lowest BCUT2D eigenvalue weighted by Gasteiger charge is -2.41. The minimum Gasteiger partial charge on any atom is -0.365 e. The van der Waals surface area contributed by atoms with Crippen LogP contribution in [-0.4, -0.2) is 38.1 Å². The number of hydrogen-bond acceptors (Lipinski definition) is 4. The summed E-state index contributed by atoms with van der Waals surface area (Å²) in [6, 6.07) is 15.0. The highest BCUT2D eigenvalue weighted by Crippen LogP contribution is 2.39. The Morgan fingerprint density at radius 2 is 1.88 bits per heavy atom. The molecule has 5 rings (SSSR count). The second kappa shape index (κ2) is 5.34. The molecule has 128 valence electrons. The van der Waals surface area contributed by atoms with Crippen LogP contribution in [0.3, 0.4) is 0 Å². The van der Waals surface area contributed by atoms with E-state index in [0.29, 0.717) is 10.9 Å². The molecule has 1 saturated heterocycles. The van der Waals surface area contributed by atoms with Crippen molar-refractivity contribution in [3.63, 3.8) is 0 Å². The van der Waals surface area contributed by atoms with Crippen molar-refractivity contribution in [1.82, 2.24) is 9.29 Å². The first-order chi connectivity index (χ1) is 12.2. The minimum absolute atomic E-state index is 0.322. The van der Waals surface area contributed by atoms with E-state index >= 15 is 0 Å². The number of aromatic nitrogens is 1. The molecule has 2 aliphatic heterocycles. The van der Waals surface area contributed by atoms with Crippen LogP contribution in [0.25, 0.3) is 10.9 Å². The maximum atomic E-state index is 13.2. The molecule has 1 atom stereocenters. The van der Waals surface area contributed by atoms with E-state index in [0.717, 1.165) is 48.2 Å². The molecule has 5 nitrogen and oxygen atoms in total. The molecule has 0 amide bonds. The molecule has 25 heavy (non-hydrogen) atoms. The van der Waals surface area contributed by atoms with Gasteiger partial charge in [0.15, 0.2) is 0 Å². The molecule has 0 spiro atoms. The number of nitrogens with zero attached hydrogens (tertiary/aromatic N) is 2. The Kier molecular flexibility index (Phi) is 3.20. The highest BCUT2D eigenvalue weighted by molar-refractivity contribution is 7.90. The van der Waals surface area contributed by atoms with Crippen LogP contribution in [-0.2, 0) is 16.4 Å². The van der Waals surface area contributed by atoms with E-state index < -0.39 is 10.0 Å². The average molecular weight is 353 g/mol. The van der Waals surface area contributed by atoms with Gasteiger partial charge in [-0.1, -0.05) is 24.3 Å². The van der Waals surface area contributed by atoms with Crippen molar-refractivity contribution in [2.24, 2.45) is 0 Å². The Bertz CT molecular complexity index is 1060. The fourth-order valence-corrected chi connectivity index (χ4v) is 5.54. The average Bonchev–Trinajstić information content (AvgIpc) is 3.03. The van der Waals surface area contributed by atoms with Gasteiger partial charge >= 0.3 is 0 Å². The standard InChI is InChI=1S/C19H19N3O2S/c23-25(24,16-5-2-1-3-6-16)22-13-14-11-15-12-20-9-10-21(15)17-7-4-8-18(22)19(14)17/h1-8,13,15,20H,9-12H2. The molecular formula is C19H19N3O2S. The molecule has 3 aromatic rings. The maximum absolute atomic E-state index is 13.2. The normalized spacial score (nSPS) is 19.8.